The van der Waals surface area contributed by atoms with Crippen LogP contribution >= 0.6 is 0 Å². The Morgan fingerprint density at radius 2 is 2.28 bits per heavy atom. The van der Waals surface area contributed by atoms with Gasteiger partial charge >= 0.3 is 5.97 Å². The van der Waals surface area contributed by atoms with Gasteiger partial charge in [-0.25, -0.2) is 9.78 Å². The summed E-state index contributed by atoms with van der Waals surface area (Å²) in [7, 11) is 0. The summed E-state index contributed by atoms with van der Waals surface area (Å²) in [5, 5.41) is 17.8. The van der Waals surface area contributed by atoms with Crippen LogP contribution in [0.1, 0.15) is 36.2 Å². The molecule has 18 heavy (non-hydrogen) atoms. The molecule has 0 aliphatic rings. The quantitative estimate of drug-likeness (QED) is 0.849. The van der Waals surface area contributed by atoms with Crippen molar-refractivity contribution in [3.05, 3.63) is 30.1 Å². The molecule has 0 aliphatic heterocycles. The molecule has 5 heteroatoms. The number of carboxylic acid groups (broad SMARTS) is 1. The van der Waals surface area contributed by atoms with Crippen LogP contribution in [0.4, 0.5) is 0 Å². The van der Waals surface area contributed by atoms with Gasteiger partial charge in [-0.15, -0.1) is 0 Å². The summed E-state index contributed by atoms with van der Waals surface area (Å²) in [6, 6.07) is 5.10. The molecule has 0 fully saturated rings. The van der Waals surface area contributed by atoms with E-state index in [2.05, 4.69) is 4.98 Å². The largest absolute Gasteiger partial charge is 0.478 e. The van der Waals surface area contributed by atoms with Gasteiger partial charge in [-0.2, -0.15) is 0 Å². The minimum absolute atomic E-state index is 0.164. The summed E-state index contributed by atoms with van der Waals surface area (Å²) in [5.74, 6) is -0.937. The Hall–Kier alpha value is -1.88. The van der Waals surface area contributed by atoms with Crippen LogP contribution in [0.15, 0.2) is 24.5 Å². The molecule has 0 spiro atoms. The maximum atomic E-state index is 11.0. The molecule has 1 unspecified atom stereocenters. The lowest BCUT2D eigenvalue weighted by Crippen LogP contribution is -2.05. The van der Waals surface area contributed by atoms with Gasteiger partial charge in [-0.05, 0) is 38.0 Å². The number of rotatable bonds is 5. The van der Waals surface area contributed by atoms with Crippen LogP contribution in [0.3, 0.4) is 0 Å². The second-order valence-electron chi connectivity index (χ2n) is 4.38. The zero-order valence-electron chi connectivity index (χ0n) is 10.2. The Bertz CT molecular complexity index is 562. The molecule has 0 bridgehead atoms. The third kappa shape index (κ3) is 2.36. The second-order valence-corrected chi connectivity index (χ2v) is 4.38. The number of nitrogens with zero attached hydrogens (tertiary/aromatic N) is 2. The number of carboxylic acids is 1. The SMILES string of the molecule is CC(CCCO)n1cnc2ccc(C(=O)O)cc21. The Morgan fingerprint density at radius 1 is 1.50 bits per heavy atom. The molecule has 1 heterocycles. The highest BCUT2D eigenvalue weighted by molar-refractivity contribution is 5.92. The molecular formula is C13H16N2O3. The van der Waals surface area contributed by atoms with Crippen LogP contribution < -0.4 is 0 Å². The first kappa shape index (κ1) is 12.6. The van der Waals surface area contributed by atoms with E-state index in [9.17, 15) is 4.79 Å². The summed E-state index contributed by atoms with van der Waals surface area (Å²) in [6.07, 6.45) is 3.27. The average molecular weight is 248 g/mol. The van der Waals surface area contributed by atoms with Crippen molar-refractivity contribution in [2.24, 2.45) is 0 Å². The predicted octanol–water partition coefficient (Wildman–Crippen LogP) is 2.07. The molecule has 1 aromatic carbocycles. The van der Waals surface area contributed by atoms with Gasteiger partial charge in [0.1, 0.15) is 0 Å². The highest BCUT2D eigenvalue weighted by atomic mass is 16.4. The van der Waals surface area contributed by atoms with E-state index in [0.29, 0.717) is 0 Å². The summed E-state index contributed by atoms with van der Waals surface area (Å²) >= 11 is 0. The Balaban J connectivity index is 2.38. The molecule has 0 amide bonds. The van der Waals surface area contributed by atoms with Crippen LogP contribution in [-0.4, -0.2) is 32.3 Å². The third-order valence-electron chi connectivity index (χ3n) is 3.08. The smallest absolute Gasteiger partial charge is 0.335 e. The topological polar surface area (TPSA) is 75.3 Å². The lowest BCUT2D eigenvalue weighted by Gasteiger charge is -2.13. The number of aliphatic hydroxyl groups is 1. The third-order valence-corrected chi connectivity index (χ3v) is 3.08. The second kappa shape index (κ2) is 5.18. The monoisotopic (exact) mass is 248 g/mol. The Labute approximate surface area is 105 Å². The van der Waals surface area contributed by atoms with Crippen molar-refractivity contribution in [2.75, 3.05) is 6.61 Å². The zero-order chi connectivity index (χ0) is 13.1. The first-order valence-corrected chi connectivity index (χ1v) is 5.94. The number of aliphatic hydroxyl groups excluding tert-OH is 1. The van der Waals surface area contributed by atoms with E-state index < -0.39 is 5.97 Å². The van der Waals surface area contributed by atoms with Crippen molar-refractivity contribution in [3.8, 4) is 0 Å². The van der Waals surface area contributed by atoms with Crippen molar-refractivity contribution in [1.29, 1.82) is 0 Å². The standard InChI is InChI=1S/C13H16N2O3/c1-9(3-2-6-16)15-8-14-11-5-4-10(13(17)18)7-12(11)15/h4-5,7-9,16H,2-3,6H2,1H3,(H,17,18). The summed E-state index contributed by atoms with van der Waals surface area (Å²) in [6.45, 7) is 2.20. The highest BCUT2D eigenvalue weighted by Crippen LogP contribution is 2.21. The van der Waals surface area contributed by atoms with Crippen molar-refractivity contribution >= 4 is 17.0 Å². The number of aromatic carboxylic acids is 1. The van der Waals surface area contributed by atoms with Gasteiger partial charge < -0.3 is 14.8 Å². The van der Waals surface area contributed by atoms with Crippen LogP contribution in [0.25, 0.3) is 11.0 Å². The summed E-state index contributed by atoms with van der Waals surface area (Å²) < 4.78 is 1.96. The van der Waals surface area contributed by atoms with Gasteiger partial charge in [0, 0.05) is 12.6 Å². The minimum Gasteiger partial charge on any atom is -0.478 e. The fourth-order valence-corrected chi connectivity index (χ4v) is 2.04. The van der Waals surface area contributed by atoms with E-state index in [4.69, 9.17) is 10.2 Å². The number of hydrogen-bond acceptors (Lipinski definition) is 3. The molecule has 2 aromatic rings. The van der Waals surface area contributed by atoms with E-state index >= 15 is 0 Å². The van der Waals surface area contributed by atoms with Crippen LogP contribution in [-0.2, 0) is 0 Å². The fraction of sp³-hybridized carbons (Fsp3) is 0.385. The molecular weight excluding hydrogens is 232 g/mol. The van der Waals surface area contributed by atoms with Crippen LogP contribution in [0.2, 0.25) is 0 Å². The van der Waals surface area contributed by atoms with E-state index in [1.54, 1.807) is 24.5 Å². The normalized spacial score (nSPS) is 12.8. The maximum absolute atomic E-state index is 11.0. The number of aromatic nitrogens is 2. The first-order chi connectivity index (χ1) is 8.63. The summed E-state index contributed by atoms with van der Waals surface area (Å²) in [4.78, 5) is 15.2. The van der Waals surface area contributed by atoms with Crippen molar-refractivity contribution < 1.29 is 15.0 Å². The lowest BCUT2D eigenvalue weighted by atomic mass is 10.1. The average Bonchev–Trinajstić information content (AvgIpc) is 2.78. The molecule has 96 valence electrons. The van der Waals surface area contributed by atoms with Crippen LogP contribution in [0, 0.1) is 0 Å². The fourth-order valence-electron chi connectivity index (χ4n) is 2.04. The number of imidazole rings is 1. The van der Waals surface area contributed by atoms with Gasteiger partial charge in [0.05, 0.1) is 22.9 Å². The molecule has 5 nitrogen and oxygen atoms in total. The number of hydrogen-bond donors (Lipinski definition) is 2. The van der Waals surface area contributed by atoms with Gasteiger partial charge in [-0.3, -0.25) is 0 Å². The van der Waals surface area contributed by atoms with E-state index in [1.165, 1.54) is 0 Å². The van der Waals surface area contributed by atoms with Gasteiger partial charge in [0.25, 0.3) is 0 Å². The number of benzene rings is 1. The van der Waals surface area contributed by atoms with Crippen molar-refractivity contribution in [2.45, 2.75) is 25.8 Å². The van der Waals surface area contributed by atoms with Gasteiger partial charge in [-0.1, -0.05) is 0 Å². The highest BCUT2D eigenvalue weighted by Gasteiger charge is 2.11. The maximum Gasteiger partial charge on any atom is 0.335 e. The zero-order valence-corrected chi connectivity index (χ0v) is 10.2. The van der Waals surface area contributed by atoms with Gasteiger partial charge in [0.2, 0.25) is 0 Å². The summed E-state index contributed by atoms with van der Waals surface area (Å²) in [5.41, 5.74) is 1.87. The molecule has 1 atom stereocenters. The van der Waals surface area contributed by atoms with Crippen molar-refractivity contribution in [3.63, 3.8) is 0 Å². The molecule has 0 aliphatic carbocycles. The minimum atomic E-state index is -0.937. The molecule has 0 saturated heterocycles. The van der Waals surface area contributed by atoms with Crippen LogP contribution in [0.5, 0.6) is 0 Å². The first-order valence-electron chi connectivity index (χ1n) is 5.94. The molecule has 0 saturated carbocycles. The Kier molecular flexibility index (Phi) is 3.62. The van der Waals surface area contributed by atoms with Gasteiger partial charge in [0.15, 0.2) is 0 Å². The van der Waals surface area contributed by atoms with E-state index in [1.807, 2.05) is 11.5 Å². The molecule has 2 rings (SSSR count). The van der Waals surface area contributed by atoms with Crippen molar-refractivity contribution in [1.82, 2.24) is 9.55 Å². The molecule has 1 aromatic heterocycles. The van der Waals surface area contributed by atoms with E-state index in [0.717, 1.165) is 23.9 Å². The van der Waals surface area contributed by atoms with E-state index in [-0.39, 0.29) is 18.2 Å². The molecule has 0 radical (unpaired) electrons. The Morgan fingerprint density at radius 3 is 2.94 bits per heavy atom. The predicted molar refractivity (Wildman–Crippen MR) is 67.7 cm³/mol. The molecule has 2 N–H and O–H groups in total. The number of carbonyl (C=O) groups is 1. The number of fused-ring (bicyclic) bond motifs is 1. The lowest BCUT2D eigenvalue weighted by molar-refractivity contribution is 0.0697.